The smallest absolute Gasteiger partial charge is 0.294 e. The summed E-state index contributed by atoms with van der Waals surface area (Å²) in [6.07, 6.45) is 0.242. The van der Waals surface area contributed by atoms with Crippen LogP contribution >= 0.6 is 0 Å². The van der Waals surface area contributed by atoms with Crippen molar-refractivity contribution in [3.05, 3.63) is 125 Å². The molecule has 1 aromatic heterocycles. The Morgan fingerprint density at radius 3 is 1.67 bits per heavy atom. The van der Waals surface area contributed by atoms with E-state index in [1.54, 1.807) is 61.5 Å². The van der Waals surface area contributed by atoms with Crippen molar-refractivity contribution in [1.29, 1.82) is 5.26 Å². The normalized spacial score (nSPS) is 12.0. The topological polar surface area (TPSA) is 228 Å². The molecule has 0 unspecified atom stereocenters. The third kappa shape index (κ3) is 8.67. The van der Waals surface area contributed by atoms with Gasteiger partial charge in [-0.15, -0.1) is 10.2 Å². The van der Waals surface area contributed by atoms with E-state index >= 15 is 0 Å². The van der Waals surface area contributed by atoms with Crippen LogP contribution in [0.15, 0.2) is 133 Å². The first kappa shape index (κ1) is 37.7. The van der Waals surface area contributed by atoms with E-state index in [9.17, 15) is 39.6 Å². The molecular weight excluding hydrogens is 729 g/mol. The minimum absolute atomic E-state index is 0.0250. The van der Waals surface area contributed by atoms with Crippen LogP contribution in [0.5, 0.6) is 0 Å². The van der Waals surface area contributed by atoms with Crippen molar-refractivity contribution in [2.24, 2.45) is 10.2 Å². The van der Waals surface area contributed by atoms with Gasteiger partial charge in [0.25, 0.3) is 20.2 Å². The van der Waals surface area contributed by atoms with E-state index in [-0.39, 0.29) is 74.1 Å². The molecule has 0 amide bonds. The van der Waals surface area contributed by atoms with E-state index in [4.69, 9.17) is 0 Å². The van der Waals surface area contributed by atoms with Gasteiger partial charge in [-0.25, -0.2) is 13.4 Å². The molecule has 0 fully saturated rings. The zero-order valence-electron chi connectivity index (χ0n) is 27.5. The molecule has 0 aliphatic rings. The molecule has 0 atom stereocenters. The van der Waals surface area contributed by atoms with Crippen LogP contribution < -0.4 is 10.6 Å². The SMILES string of the molecule is Cc1c(C#N)c(NCCc2ccccc2S(=O)(=O)O)nc(NCCc2ccccc2S(=O)(=O)O)c1N=Nc1ccccc1S(=O)(=O)c1ccccc1. The standard InChI is InChI=1S/C35H32N6O8S3/c1-24-28(23-36)34(37-21-19-25-11-5-8-16-30(25)51(44,45)46)39-35(38-22-20-26-12-6-9-17-31(26)52(47,48)49)33(24)41-40-29-15-7-10-18-32(29)50(42,43)27-13-3-2-4-14-27/h2-18H,19-22H2,1H3,(H2,37,38,39)(H,44,45,46)(H,47,48,49). The molecule has 5 aromatic rings. The molecule has 0 aliphatic carbocycles. The van der Waals surface area contributed by atoms with E-state index < -0.39 is 30.1 Å². The predicted octanol–water partition coefficient (Wildman–Crippen LogP) is 6.31. The largest absolute Gasteiger partial charge is 0.369 e. The van der Waals surface area contributed by atoms with Crippen molar-refractivity contribution < 1.29 is 34.4 Å². The first-order chi connectivity index (χ1) is 24.7. The van der Waals surface area contributed by atoms with Crippen LogP contribution in [-0.2, 0) is 42.9 Å². The van der Waals surface area contributed by atoms with Crippen LogP contribution in [0.3, 0.4) is 0 Å². The van der Waals surface area contributed by atoms with Crippen LogP contribution in [0.4, 0.5) is 23.0 Å². The Morgan fingerprint density at radius 2 is 1.13 bits per heavy atom. The summed E-state index contributed by atoms with van der Waals surface area (Å²) in [5, 5.41) is 25.0. The molecule has 0 radical (unpaired) electrons. The zero-order chi connectivity index (χ0) is 37.5. The Bertz CT molecular complexity index is 2520. The second-order valence-corrected chi connectivity index (χ2v) is 16.0. The lowest BCUT2D eigenvalue weighted by atomic mass is 10.1. The summed E-state index contributed by atoms with van der Waals surface area (Å²) in [5.41, 5.74) is 1.15. The van der Waals surface area contributed by atoms with Crippen LogP contribution in [0, 0.1) is 18.3 Å². The van der Waals surface area contributed by atoms with E-state index in [0.29, 0.717) is 16.7 Å². The molecule has 0 saturated carbocycles. The second kappa shape index (κ2) is 15.8. The first-order valence-corrected chi connectivity index (χ1v) is 19.9. The fraction of sp³-hybridized carbons (Fsp3) is 0.143. The lowest BCUT2D eigenvalue weighted by molar-refractivity contribution is 0.480. The number of pyridine rings is 1. The molecule has 5 rings (SSSR count). The molecule has 0 bridgehead atoms. The van der Waals surface area contributed by atoms with Crippen molar-refractivity contribution in [1.82, 2.24) is 4.98 Å². The van der Waals surface area contributed by atoms with E-state index in [2.05, 4.69) is 31.9 Å². The molecule has 4 N–H and O–H groups in total. The molecule has 0 saturated heterocycles. The Kier molecular flexibility index (Phi) is 11.5. The van der Waals surface area contributed by atoms with Gasteiger partial charge < -0.3 is 10.6 Å². The molecule has 4 aromatic carbocycles. The summed E-state index contributed by atoms with van der Waals surface area (Å²) >= 11 is 0. The fourth-order valence-electron chi connectivity index (χ4n) is 5.36. The van der Waals surface area contributed by atoms with Crippen molar-refractivity contribution in [2.75, 3.05) is 23.7 Å². The maximum Gasteiger partial charge on any atom is 0.294 e. The van der Waals surface area contributed by atoms with Crippen molar-refractivity contribution in [3.63, 3.8) is 0 Å². The van der Waals surface area contributed by atoms with Crippen LogP contribution in [0.25, 0.3) is 0 Å². The molecular formula is C35H32N6O8S3. The fourth-order valence-corrected chi connectivity index (χ4v) is 8.27. The highest BCUT2D eigenvalue weighted by atomic mass is 32.2. The number of rotatable bonds is 14. The number of hydrogen-bond donors (Lipinski definition) is 4. The van der Waals surface area contributed by atoms with Crippen molar-refractivity contribution >= 4 is 53.1 Å². The van der Waals surface area contributed by atoms with Gasteiger partial charge in [-0.2, -0.15) is 22.1 Å². The van der Waals surface area contributed by atoms with Crippen LogP contribution in [-0.4, -0.2) is 52.4 Å². The van der Waals surface area contributed by atoms with Gasteiger partial charge in [-0.05, 0) is 67.3 Å². The monoisotopic (exact) mass is 760 g/mol. The summed E-state index contributed by atoms with van der Waals surface area (Å²) in [6.45, 7) is 1.77. The predicted molar refractivity (Wildman–Crippen MR) is 193 cm³/mol. The van der Waals surface area contributed by atoms with Gasteiger partial charge in [0.1, 0.15) is 23.3 Å². The Hall–Kier alpha value is -5.51. The third-order valence-corrected chi connectivity index (χ3v) is 11.6. The maximum absolute atomic E-state index is 13.5. The quantitative estimate of drug-likeness (QED) is 0.0721. The molecule has 14 nitrogen and oxygen atoms in total. The number of sulfone groups is 1. The van der Waals surface area contributed by atoms with Gasteiger partial charge >= 0.3 is 0 Å². The number of nitriles is 1. The number of benzene rings is 4. The number of nitrogens with one attached hydrogen (secondary N) is 2. The van der Waals surface area contributed by atoms with Gasteiger partial charge in [0.05, 0.1) is 25.1 Å². The van der Waals surface area contributed by atoms with Crippen LogP contribution in [0.2, 0.25) is 0 Å². The maximum atomic E-state index is 13.5. The summed E-state index contributed by atoms with van der Waals surface area (Å²) < 4.78 is 94.0. The van der Waals surface area contributed by atoms with Crippen molar-refractivity contribution in [3.8, 4) is 6.07 Å². The van der Waals surface area contributed by atoms with Gasteiger partial charge in [-0.3, -0.25) is 9.11 Å². The van der Waals surface area contributed by atoms with E-state index in [1.807, 2.05) is 0 Å². The second-order valence-electron chi connectivity index (χ2n) is 11.3. The highest BCUT2D eigenvalue weighted by Gasteiger charge is 2.23. The third-order valence-electron chi connectivity index (χ3n) is 7.87. The lowest BCUT2D eigenvalue weighted by Gasteiger charge is -2.16. The van der Waals surface area contributed by atoms with Crippen LogP contribution in [0.1, 0.15) is 22.3 Å². The van der Waals surface area contributed by atoms with Gasteiger partial charge in [0, 0.05) is 18.7 Å². The molecule has 17 heteroatoms. The summed E-state index contributed by atoms with van der Waals surface area (Å²) in [4.78, 5) is 4.04. The molecule has 0 aliphatic heterocycles. The lowest BCUT2D eigenvalue weighted by Crippen LogP contribution is -2.14. The average Bonchev–Trinajstić information content (AvgIpc) is 3.11. The zero-order valence-corrected chi connectivity index (χ0v) is 30.0. The Balaban J connectivity index is 1.53. The van der Waals surface area contributed by atoms with Gasteiger partial charge in [0.2, 0.25) is 9.84 Å². The molecule has 0 spiro atoms. The van der Waals surface area contributed by atoms with E-state index in [0.717, 1.165) is 0 Å². The van der Waals surface area contributed by atoms with E-state index in [1.165, 1.54) is 48.5 Å². The summed E-state index contributed by atoms with van der Waals surface area (Å²) in [6, 6.07) is 27.8. The van der Waals surface area contributed by atoms with Crippen molar-refractivity contribution in [2.45, 2.75) is 39.3 Å². The number of hydrogen-bond acceptors (Lipinski definition) is 12. The molecule has 52 heavy (non-hydrogen) atoms. The summed E-state index contributed by atoms with van der Waals surface area (Å²) in [7, 11) is -13.0. The number of anilines is 2. The highest BCUT2D eigenvalue weighted by molar-refractivity contribution is 7.91. The van der Waals surface area contributed by atoms with Gasteiger partial charge in [0.15, 0.2) is 5.82 Å². The number of nitrogens with zero attached hydrogens (tertiary/aromatic N) is 4. The molecule has 1 heterocycles. The minimum Gasteiger partial charge on any atom is -0.369 e. The summed E-state index contributed by atoms with van der Waals surface area (Å²) in [5.74, 6) is 0.213. The minimum atomic E-state index is -4.51. The Labute approximate surface area is 301 Å². The molecule has 268 valence electrons. The highest BCUT2D eigenvalue weighted by Crippen LogP contribution is 2.37. The average molecular weight is 761 g/mol. The Morgan fingerprint density at radius 1 is 0.654 bits per heavy atom. The first-order valence-electron chi connectivity index (χ1n) is 15.6. The number of azo groups is 1. The van der Waals surface area contributed by atoms with Gasteiger partial charge in [-0.1, -0.05) is 66.7 Å². The number of aromatic nitrogens is 1.